The second-order valence-electron chi connectivity index (χ2n) is 8.27. The van der Waals surface area contributed by atoms with Gasteiger partial charge in [0.05, 0.1) is 18.0 Å². The van der Waals surface area contributed by atoms with Crippen molar-refractivity contribution in [1.29, 1.82) is 0 Å². The lowest BCUT2D eigenvalue weighted by Gasteiger charge is -2.22. The molecule has 174 valence electrons. The van der Waals surface area contributed by atoms with E-state index in [-0.39, 0.29) is 10.8 Å². The van der Waals surface area contributed by atoms with Gasteiger partial charge in [0.1, 0.15) is 11.8 Å². The molecular formula is C22H26N6O4S. The number of rotatable bonds is 9. The molecule has 1 fully saturated rings. The van der Waals surface area contributed by atoms with Crippen molar-refractivity contribution in [2.24, 2.45) is 5.92 Å². The maximum atomic E-state index is 13.0. The highest BCUT2D eigenvalue weighted by Gasteiger charge is 2.30. The highest BCUT2D eigenvalue weighted by atomic mass is 32.2. The quantitative estimate of drug-likeness (QED) is 0.492. The lowest BCUT2D eigenvalue weighted by Crippen LogP contribution is -2.47. The normalized spacial score (nSPS) is 14.8. The summed E-state index contributed by atoms with van der Waals surface area (Å²) in [5.41, 5.74) is 1.29. The Kier molecular flexibility index (Phi) is 6.43. The number of amides is 1. The van der Waals surface area contributed by atoms with Crippen molar-refractivity contribution in [3.63, 3.8) is 0 Å². The molecule has 3 aromatic rings. The van der Waals surface area contributed by atoms with Gasteiger partial charge in [0.25, 0.3) is 0 Å². The molecule has 2 N–H and O–H groups in total. The lowest BCUT2D eigenvalue weighted by atomic mass is 10.0. The number of carbonyl (C=O) groups excluding carboxylic acids is 1. The first-order chi connectivity index (χ1) is 15.8. The van der Waals surface area contributed by atoms with Crippen LogP contribution in [0.5, 0.6) is 5.75 Å². The van der Waals surface area contributed by atoms with Crippen LogP contribution in [0.15, 0.2) is 53.4 Å². The van der Waals surface area contributed by atoms with Crippen LogP contribution in [0.1, 0.15) is 32.7 Å². The fourth-order valence-corrected chi connectivity index (χ4v) is 4.73. The predicted molar refractivity (Wildman–Crippen MR) is 122 cm³/mol. The van der Waals surface area contributed by atoms with E-state index >= 15 is 0 Å². The number of hydrogen-bond donors (Lipinski definition) is 2. The second kappa shape index (κ2) is 9.28. The van der Waals surface area contributed by atoms with E-state index in [1.54, 1.807) is 48.9 Å². The van der Waals surface area contributed by atoms with Crippen LogP contribution < -0.4 is 14.8 Å². The molecule has 10 nitrogen and oxygen atoms in total. The number of sulfonamides is 1. The Balaban J connectivity index is 1.51. The largest absolute Gasteiger partial charge is 0.497 e. The van der Waals surface area contributed by atoms with E-state index in [0.29, 0.717) is 23.3 Å². The van der Waals surface area contributed by atoms with Gasteiger partial charge in [-0.15, -0.1) is 5.10 Å². The highest BCUT2D eigenvalue weighted by Crippen LogP contribution is 2.36. The molecule has 1 heterocycles. The van der Waals surface area contributed by atoms with E-state index in [0.717, 1.165) is 18.4 Å². The fourth-order valence-electron chi connectivity index (χ4n) is 3.39. The zero-order chi connectivity index (χ0) is 23.6. The molecule has 1 atom stereocenters. The zero-order valence-electron chi connectivity index (χ0n) is 18.6. The average Bonchev–Trinajstić information content (AvgIpc) is 3.53. The maximum Gasteiger partial charge on any atom is 0.242 e. The number of nitrogens with zero attached hydrogens (tertiary/aromatic N) is 4. The van der Waals surface area contributed by atoms with Gasteiger partial charge >= 0.3 is 0 Å². The molecule has 1 amide bonds. The van der Waals surface area contributed by atoms with Crippen molar-refractivity contribution >= 4 is 21.6 Å². The van der Waals surface area contributed by atoms with E-state index < -0.39 is 22.0 Å². The van der Waals surface area contributed by atoms with Crippen molar-refractivity contribution in [3.05, 3.63) is 48.5 Å². The van der Waals surface area contributed by atoms with E-state index in [2.05, 4.69) is 25.6 Å². The number of aromatic nitrogens is 4. The van der Waals surface area contributed by atoms with E-state index in [1.165, 1.54) is 19.2 Å². The molecule has 0 saturated heterocycles. The van der Waals surface area contributed by atoms with Gasteiger partial charge in [0, 0.05) is 11.3 Å². The Morgan fingerprint density at radius 1 is 1.15 bits per heavy atom. The Bertz CT molecular complexity index is 1240. The van der Waals surface area contributed by atoms with Gasteiger partial charge in [-0.2, -0.15) is 4.72 Å². The van der Waals surface area contributed by atoms with Crippen LogP contribution in [0.4, 0.5) is 5.69 Å². The Morgan fingerprint density at radius 2 is 1.88 bits per heavy atom. The number of nitrogens with one attached hydrogen (secondary N) is 2. The van der Waals surface area contributed by atoms with Crippen molar-refractivity contribution in [2.45, 2.75) is 43.7 Å². The van der Waals surface area contributed by atoms with Gasteiger partial charge in [-0.25, -0.2) is 13.1 Å². The second-order valence-corrected chi connectivity index (χ2v) is 9.98. The minimum Gasteiger partial charge on any atom is -0.497 e. The Hall–Kier alpha value is -3.31. The molecule has 1 saturated carbocycles. The Morgan fingerprint density at radius 3 is 2.52 bits per heavy atom. The van der Waals surface area contributed by atoms with Gasteiger partial charge in [0.2, 0.25) is 15.9 Å². The summed E-state index contributed by atoms with van der Waals surface area (Å²) in [6.07, 6.45) is 2.08. The third-order valence-electron chi connectivity index (χ3n) is 5.37. The lowest BCUT2D eigenvalue weighted by molar-refractivity contribution is -0.118. The van der Waals surface area contributed by atoms with Gasteiger partial charge < -0.3 is 10.1 Å². The summed E-state index contributed by atoms with van der Waals surface area (Å²) in [6.45, 7) is 3.56. The van der Waals surface area contributed by atoms with E-state index in [9.17, 15) is 13.2 Å². The molecular weight excluding hydrogens is 444 g/mol. The molecule has 2 aromatic carbocycles. The summed E-state index contributed by atoms with van der Waals surface area (Å²) < 4.78 is 35.1. The van der Waals surface area contributed by atoms with E-state index in [1.807, 2.05) is 6.07 Å². The highest BCUT2D eigenvalue weighted by molar-refractivity contribution is 7.89. The first-order valence-electron chi connectivity index (χ1n) is 10.6. The average molecular weight is 471 g/mol. The van der Waals surface area contributed by atoms with Crippen LogP contribution >= 0.6 is 0 Å². The van der Waals surface area contributed by atoms with Crippen LogP contribution in [0.25, 0.3) is 11.4 Å². The fraction of sp³-hybridized carbons (Fsp3) is 0.364. The van der Waals surface area contributed by atoms with Crippen LogP contribution in [0.3, 0.4) is 0 Å². The SMILES string of the molecule is COc1ccc(S(=O)(=O)N[C@H](C(=O)Nc2cccc(-c3nnnn3C3CC3)c2)C(C)C)cc1. The van der Waals surface area contributed by atoms with Crippen LogP contribution in [0, 0.1) is 5.92 Å². The Labute approximate surface area is 192 Å². The molecule has 4 rings (SSSR count). The zero-order valence-corrected chi connectivity index (χ0v) is 19.4. The molecule has 1 aliphatic rings. The summed E-state index contributed by atoms with van der Waals surface area (Å²) in [4.78, 5) is 13.1. The number of ether oxygens (including phenoxy) is 1. The van der Waals surface area contributed by atoms with Gasteiger partial charge in [-0.05, 0) is 65.6 Å². The molecule has 0 unspecified atom stereocenters. The number of anilines is 1. The monoisotopic (exact) mass is 470 g/mol. The molecule has 0 bridgehead atoms. The van der Waals surface area contributed by atoms with Crippen LogP contribution in [0.2, 0.25) is 0 Å². The first-order valence-corrected chi connectivity index (χ1v) is 12.1. The van der Waals surface area contributed by atoms with Crippen molar-refractivity contribution in [2.75, 3.05) is 12.4 Å². The first kappa shape index (κ1) is 22.9. The minimum atomic E-state index is -3.91. The summed E-state index contributed by atoms with van der Waals surface area (Å²) in [6, 6.07) is 12.5. The molecule has 0 aliphatic heterocycles. The predicted octanol–water partition coefficient (Wildman–Crippen LogP) is 2.63. The van der Waals surface area contributed by atoms with Gasteiger partial charge in [-0.3, -0.25) is 4.79 Å². The third-order valence-corrected chi connectivity index (χ3v) is 6.83. The third kappa shape index (κ3) is 5.20. The van der Waals surface area contributed by atoms with Gasteiger partial charge in [0.15, 0.2) is 5.82 Å². The standard InChI is InChI=1S/C22H26N6O4S/c1-14(2)20(25-33(30,31)19-11-9-18(32-3)10-12-19)22(29)23-16-6-4-5-15(13-16)21-24-26-27-28(21)17-7-8-17/h4-6,9-14,17,20,25H,7-8H2,1-3H3,(H,23,29)/t20-/m0/s1. The van der Waals surface area contributed by atoms with Crippen LogP contribution in [-0.2, 0) is 14.8 Å². The van der Waals surface area contributed by atoms with Crippen LogP contribution in [-0.4, -0.2) is 47.7 Å². The smallest absolute Gasteiger partial charge is 0.242 e. The van der Waals surface area contributed by atoms with E-state index in [4.69, 9.17) is 4.74 Å². The van der Waals surface area contributed by atoms with Crippen molar-refractivity contribution in [3.8, 4) is 17.1 Å². The number of carbonyl (C=O) groups is 1. The molecule has 1 aromatic heterocycles. The number of tetrazole rings is 1. The topological polar surface area (TPSA) is 128 Å². The summed E-state index contributed by atoms with van der Waals surface area (Å²) in [5.74, 6) is 0.429. The summed E-state index contributed by atoms with van der Waals surface area (Å²) >= 11 is 0. The van der Waals surface area contributed by atoms with Gasteiger partial charge in [-0.1, -0.05) is 26.0 Å². The molecule has 11 heteroatoms. The van der Waals surface area contributed by atoms with Crippen molar-refractivity contribution in [1.82, 2.24) is 24.9 Å². The summed E-state index contributed by atoms with van der Waals surface area (Å²) in [7, 11) is -2.41. The van der Waals surface area contributed by atoms with Crippen molar-refractivity contribution < 1.29 is 17.9 Å². The number of hydrogen-bond acceptors (Lipinski definition) is 7. The molecule has 0 spiro atoms. The maximum absolute atomic E-state index is 13.0. The summed E-state index contributed by atoms with van der Waals surface area (Å²) in [5, 5.41) is 14.8. The number of benzene rings is 2. The molecule has 1 aliphatic carbocycles. The number of methoxy groups -OCH3 is 1. The minimum absolute atomic E-state index is 0.0515. The molecule has 0 radical (unpaired) electrons. The molecule has 33 heavy (non-hydrogen) atoms.